The van der Waals surface area contributed by atoms with Crippen LogP contribution in [0.1, 0.15) is 70.3 Å². The van der Waals surface area contributed by atoms with Crippen molar-refractivity contribution in [1.29, 1.82) is 0 Å². The van der Waals surface area contributed by atoms with Gasteiger partial charge in [0.2, 0.25) is 0 Å². The van der Waals surface area contributed by atoms with E-state index in [2.05, 4.69) is 0 Å². The summed E-state index contributed by atoms with van der Waals surface area (Å²) in [5.41, 5.74) is 1.13. The number of benzene rings is 1. The van der Waals surface area contributed by atoms with Crippen LogP contribution >= 0.6 is 0 Å². The molecule has 0 aliphatic carbocycles. The maximum absolute atomic E-state index is 12.1. The van der Waals surface area contributed by atoms with Gasteiger partial charge in [0.1, 0.15) is 5.78 Å². The van der Waals surface area contributed by atoms with Gasteiger partial charge in [0, 0.05) is 18.8 Å². The van der Waals surface area contributed by atoms with Gasteiger partial charge in [0.15, 0.2) is 0 Å². The number of carbonyl (C=O) groups excluding carboxylic acids is 2. The molecule has 0 aliphatic rings. The number of esters is 1. The number of ketones is 1. The molecule has 0 amide bonds. The van der Waals surface area contributed by atoms with Crippen LogP contribution in [0.4, 0.5) is 0 Å². The molecule has 3 heteroatoms. The highest BCUT2D eigenvalue weighted by molar-refractivity contribution is 5.85. The third-order valence-electron chi connectivity index (χ3n) is 3.87. The molecule has 1 rings (SSSR count). The normalized spacial score (nSPS) is 11.9. The maximum atomic E-state index is 12.1. The Balaban J connectivity index is 2.30. The van der Waals surface area contributed by atoms with E-state index in [0.717, 1.165) is 37.7 Å². The number of unbranched alkanes of at least 4 members (excludes halogenated alkanes) is 3. The average molecular weight is 304 g/mol. The van der Waals surface area contributed by atoms with Gasteiger partial charge in [0.05, 0.1) is 6.61 Å². The zero-order valence-electron chi connectivity index (χ0n) is 13.8. The molecule has 0 aromatic heterocycles. The highest BCUT2D eigenvalue weighted by Gasteiger charge is 2.18. The van der Waals surface area contributed by atoms with Crippen molar-refractivity contribution in [2.24, 2.45) is 0 Å². The topological polar surface area (TPSA) is 43.4 Å². The second-order valence-corrected chi connectivity index (χ2v) is 5.54. The molecular weight excluding hydrogens is 276 g/mol. The summed E-state index contributed by atoms with van der Waals surface area (Å²) in [4.78, 5) is 23.4. The smallest absolute Gasteiger partial charge is 0.305 e. The molecule has 0 bridgehead atoms. The number of hydrogen-bond donors (Lipinski definition) is 0. The van der Waals surface area contributed by atoms with Gasteiger partial charge in [0.25, 0.3) is 0 Å². The molecule has 0 spiro atoms. The fourth-order valence-electron chi connectivity index (χ4n) is 2.65. The van der Waals surface area contributed by atoms with E-state index < -0.39 is 0 Å². The third kappa shape index (κ3) is 6.88. The van der Waals surface area contributed by atoms with Crippen LogP contribution in [0.15, 0.2) is 30.3 Å². The average Bonchev–Trinajstić information content (AvgIpc) is 2.54. The molecular formula is C19H28O3. The van der Waals surface area contributed by atoms with Gasteiger partial charge in [-0.3, -0.25) is 9.59 Å². The number of carbonyl (C=O) groups is 2. The van der Waals surface area contributed by atoms with Gasteiger partial charge in [-0.05, 0) is 25.3 Å². The van der Waals surface area contributed by atoms with E-state index in [1.807, 2.05) is 44.2 Å². The first-order chi connectivity index (χ1) is 10.7. The Hall–Kier alpha value is -1.64. The van der Waals surface area contributed by atoms with Crippen molar-refractivity contribution in [2.45, 2.75) is 64.7 Å². The quantitative estimate of drug-likeness (QED) is 0.441. The Bertz CT molecular complexity index is 439. The van der Waals surface area contributed by atoms with Crippen LogP contribution in [-0.4, -0.2) is 18.4 Å². The van der Waals surface area contributed by atoms with Crippen molar-refractivity contribution in [3.05, 3.63) is 35.9 Å². The van der Waals surface area contributed by atoms with Crippen LogP contribution in [0.5, 0.6) is 0 Å². The van der Waals surface area contributed by atoms with E-state index in [1.54, 1.807) is 0 Å². The molecule has 0 N–H and O–H groups in total. The van der Waals surface area contributed by atoms with Crippen molar-refractivity contribution in [2.75, 3.05) is 6.61 Å². The zero-order valence-corrected chi connectivity index (χ0v) is 13.8. The lowest BCUT2D eigenvalue weighted by atomic mass is 9.88. The third-order valence-corrected chi connectivity index (χ3v) is 3.87. The lowest BCUT2D eigenvalue weighted by Gasteiger charge is -2.15. The molecule has 0 saturated heterocycles. The van der Waals surface area contributed by atoms with Crippen molar-refractivity contribution in [3.63, 3.8) is 0 Å². The van der Waals surface area contributed by atoms with Gasteiger partial charge in [-0.2, -0.15) is 0 Å². The van der Waals surface area contributed by atoms with Gasteiger partial charge in [-0.25, -0.2) is 0 Å². The monoisotopic (exact) mass is 304 g/mol. The minimum absolute atomic E-state index is 0.0243. The van der Waals surface area contributed by atoms with Crippen molar-refractivity contribution in [3.8, 4) is 0 Å². The first-order valence-electron chi connectivity index (χ1n) is 8.42. The predicted octanol–water partition coefficient (Wildman–Crippen LogP) is 4.65. The molecule has 0 fully saturated rings. The van der Waals surface area contributed by atoms with Crippen LogP contribution in [0.25, 0.3) is 0 Å². The molecule has 0 aliphatic heterocycles. The zero-order chi connectivity index (χ0) is 16.2. The second-order valence-electron chi connectivity index (χ2n) is 5.54. The molecule has 22 heavy (non-hydrogen) atoms. The van der Waals surface area contributed by atoms with Gasteiger partial charge < -0.3 is 4.74 Å². The Labute approximate surface area is 134 Å². The summed E-state index contributed by atoms with van der Waals surface area (Å²) in [5, 5.41) is 0. The summed E-state index contributed by atoms with van der Waals surface area (Å²) in [6.45, 7) is 4.21. The summed E-state index contributed by atoms with van der Waals surface area (Å²) in [7, 11) is 0. The highest BCUT2D eigenvalue weighted by atomic mass is 16.5. The van der Waals surface area contributed by atoms with Crippen LogP contribution in [0.2, 0.25) is 0 Å². The van der Waals surface area contributed by atoms with Crippen molar-refractivity contribution in [1.82, 2.24) is 0 Å². The molecule has 1 unspecified atom stereocenters. The van der Waals surface area contributed by atoms with Crippen LogP contribution in [0, 0.1) is 0 Å². The number of Topliss-reactive ketones (excluding diaryl/α,β-unsaturated/α-hetero) is 1. The molecule has 1 aromatic carbocycles. The fraction of sp³-hybridized carbons (Fsp3) is 0.579. The van der Waals surface area contributed by atoms with E-state index in [9.17, 15) is 9.59 Å². The number of ether oxygens (including phenoxy) is 1. The summed E-state index contributed by atoms with van der Waals surface area (Å²) in [6.07, 6.45) is 5.95. The Kier molecular flexibility index (Phi) is 9.20. The molecule has 0 radical (unpaired) electrons. The maximum Gasteiger partial charge on any atom is 0.305 e. The molecule has 1 aromatic rings. The molecule has 3 nitrogen and oxygen atoms in total. The molecule has 1 atom stereocenters. The fourth-order valence-corrected chi connectivity index (χ4v) is 2.65. The van der Waals surface area contributed by atoms with Crippen LogP contribution in [0.3, 0.4) is 0 Å². The minimum Gasteiger partial charge on any atom is -0.466 e. The Morgan fingerprint density at radius 2 is 1.68 bits per heavy atom. The van der Waals surface area contributed by atoms with Gasteiger partial charge in [-0.1, -0.05) is 56.5 Å². The number of hydrogen-bond acceptors (Lipinski definition) is 3. The van der Waals surface area contributed by atoms with Crippen molar-refractivity contribution < 1.29 is 14.3 Å². The minimum atomic E-state index is -0.106. The second kappa shape index (κ2) is 11.0. The van der Waals surface area contributed by atoms with Gasteiger partial charge >= 0.3 is 5.97 Å². The largest absolute Gasteiger partial charge is 0.466 e. The first-order valence-corrected chi connectivity index (χ1v) is 8.42. The van der Waals surface area contributed by atoms with Gasteiger partial charge in [-0.15, -0.1) is 0 Å². The first kappa shape index (κ1) is 18.4. The summed E-state index contributed by atoms with van der Waals surface area (Å²) >= 11 is 0. The Morgan fingerprint density at radius 1 is 1.00 bits per heavy atom. The summed E-state index contributed by atoms with van der Waals surface area (Å²) < 4.78 is 4.91. The number of rotatable bonds is 11. The molecule has 0 heterocycles. The van der Waals surface area contributed by atoms with E-state index in [-0.39, 0.29) is 11.9 Å². The SMILES string of the molecule is CCOC(=O)CCCCCCC(C(=O)CC)c1ccccc1. The lowest BCUT2D eigenvalue weighted by Crippen LogP contribution is -2.11. The van der Waals surface area contributed by atoms with E-state index >= 15 is 0 Å². The predicted molar refractivity (Wildman–Crippen MR) is 88.8 cm³/mol. The lowest BCUT2D eigenvalue weighted by molar-refractivity contribution is -0.143. The Morgan fingerprint density at radius 3 is 2.32 bits per heavy atom. The van der Waals surface area contributed by atoms with Crippen LogP contribution in [-0.2, 0) is 14.3 Å². The standard InChI is InChI=1S/C19H28O3/c1-3-18(20)17(16-12-8-7-9-13-16)14-10-5-6-11-15-19(21)22-4-2/h7-9,12-13,17H,3-6,10-11,14-15H2,1-2H3. The summed E-state index contributed by atoms with van der Waals surface area (Å²) in [5.74, 6) is 0.236. The van der Waals surface area contributed by atoms with E-state index in [1.165, 1.54) is 0 Å². The highest BCUT2D eigenvalue weighted by Crippen LogP contribution is 2.25. The molecule has 122 valence electrons. The van der Waals surface area contributed by atoms with Crippen molar-refractivity contribution >= 4 is 11.8 Å². The summed E-state index contributed by atoms with van der Waals surface area (Å²) in [6, 6.07) is 10.0. The van der Waals surface area contributed by atoms with E-state index in [4.69, 9.17) is 4.74 Å². The van der Waals surface area contributed by atoms with Crippen LogP contribution < -0.4 is 0 Å². The molecule has 0 saturated carbocycles. The van der Waals surface area contributed by atoms with E-state index in [0.29, 0.717) is 25.2 Å².